The minimum absolute atomic E-state index is 0.0227. The van der Waals surface area contributed by atoms with E-state index in [4.69, 9.17) is 9.47 Å². The Balaban J connectivity index is 1.82. The number of amides is 4. The molecule has 1 N–H and O–H groups in total. The molecule has 3 rings (SSSR count). The first-order valence-corrected chi connectivity index (χ1v) is 10.7. The largest absolute Gasteiger partial charge is 0.494 e. The van der Waals surface area contributed by atoms with Crippen molar-refractivity contribution < 1.29 is 28.7 Å². The van der Waals surface area contributed by atoms with Crippen molar-refractivity contribution in [3.8, 4) is 5.75 Å². The van der Waals surface area contributed by atoms with E-state index in [-0.39, 0.29) is 19.4 Å². The Hall–Kier alpha value is -3.40. The minimum atomic E-state index is -1.17. The summed E-state index contributed by atoms with van der Waals surface area (Å²) in [6.45, 7) is 4.05. The summed E-state index contributed by atoms with van der Waals surface area (Å²) in [5, 5.41) is 2.73. The van der Waals surface area contributed by atoms with Crippen molar-refractivity contribution in [2.45, 2.75) is 32.7 Å². The molecule has 10 heteroatoms. The van der Waals surface area contributed by atoms with Gasteiger partial charge in [0.15, 0.2) is 0 Å². The number of hydrazine groups is 1. The summed E-state index contributed by atoms with van der Waals surface area (Å²) in [6, 6.07) is 8.91. The van der Waals surface area contributed by atoms with E-state index in [1.54, 1.807) is 43.3 Å². The molecule has 2 heterocycles. The van der Waals surface area contributed by atoms with Crippen LogP contribution >= 0.6 is 11.3 Å². The summed E-state index contributed by atoms with van der Waals surface area (Å²) in [6.07, 6.45) is -1.15. The van der Waals surface area contributed by atoms with E-state index in [0.29, 0.717) is 18.0 Å². The number of rotatable bonds is 7. The lowest BCUT2D eigenvalue weighted by atomic mass is 10.2. The summed E-state index contributed by atoms with van der Waals surface area (Å²) in [7, 11) is 0. The molecule has 1 saturated heterocycles. The van der Waals surface area contributed by atoms with Crippen molar-refractivity contribution >= 4 is 40.8 Å². The number of hydrogen-bond donors (Lipinski definition) is 1. The van der Waals surface area contributed by atoms with Crippen LogP contribution in [0.25, 0.3) is 0 Å². The second kappa shape index (κ2) is 10.1. The van der Waals surface area contributed by atoms with Crippen LogP contribution in [-0.4, -0.2) is 48.1 Å². The fraction of sp³-hybridized carbons (Fsp3) is 0.333. The number of ether oxygens (including phenoxy) is 2. The molecule has 1 fully saturated rings. The van der Waals surface area contributed by atoms with Gasteiger partial charge in [-0.25, -0.2) is 20.1 Å². The first kappa shape index (κ1) is 22.3. The summed E-state index contributed by atoms with van der Waals surface area (Å²) in [4.78, 5) is 52.5. The average Bonchev–Trinajstić information content (AvgIpc) is 3.35. The molecular formula is C21H23N3O6S. The van der Waals surface area contributed by atoms with Crippen LogP contribution in [0, 0.1) is 0 Å². The average molecular weight is 445 g/mol. The number of carbonyl (C=O) groups excluding carboxylic acids is 4. The highest BCUT2D eigenvalue weighted by molar-refractivity contribution is 7.10. The Labute approximate surface area is 183 Å². The number of benzene rings is 1. The zero-order chi connectivity index (χ0) is 22.4. The van der Waals surface area contributed by atoms with E-state index in [9.17, 15) is 19.2 Å². The number of hydrogen-bond acceptors (Lipinski definition) is 7. The second-order valence-electron chi connectivity index (χ2n) is 6.57. The van der Waals surface area contributed by atoms with Crippen LogP contribution in [0.3, 0.4) is 0 Å². The van der Waals surface area contributed by atoms with Gasteiger partial charge in [0.25, 0.3) is 5.91 Å². The van der Waals surface area contributed by atoms with E-state index in [1.165, 1.54) is 11.3 Å². The molecular weight excluding hydrogens is 422 g/mol. The van der Waals surface area contributed by atoms with Gasteiger partial charge in [0.1, 0.15) is 11.8 Å². The molecule has 164 valence electrons. The lowest BCUT2D eigenvalue weighted by Gasteiger charge is -2.27. The highest BCUT2D eigenvalue weighted by Gasteiger charge is 2.45. The molecule has 1 aromatic heterocycles. The van der Waals surface area contributed by atoms with Gasteiger partial charge in [0.2, 0.25) is 11.8 Å². The van der Waals surface area contributed by atoms with Gasteiger partial charge in [-0.1, -0.05) is 6.07 Å². The third-order valence-electron chi connectivity index (χ3n) is 4.50. The number of carbonyl (C=O) groups is 4. The summed E-state index contributed by atoms with van der Waals surface area (Å²) >= 11 is 1.38. The van der Waals surface area contributed by atoms with Gasteiger partial charge < -0.3 is 9.47 Å². The van der Waals surface area contributed by atoms with Gasteiger partial charge >= 0.3 is 6.09 Å². The fourth-order valence-corrected chi connectivity index (χ4v) is 3.87. The molecule has 4 amide bonds. The first-order chi connectivity index (χ1) is 14.9. The van der Waals surface area contributed by atoms with Crippen LogP contribution in [0.15, 0.2) is 41.8 Å². The van der Waals surface area contributed by atoms with Crippen LogP contribution in [0.5, 0.6) is 5.75 Å². The molecule has 1 unspecified atom stereocenters. The number of thiophene rings is 1. The van der Waals surface area contributed by atoms with E-state index < -0.39 is 29.9 Å². The normalized spacial score (nSPS) is 15.7. The molecule has 31 heavy (non-hydrogen) atoms. The number of anilines is 1. The predicted octanol–water partition coefficient (Wildman–Crippen LogP) is 2.51. The summed E-state index contributed by atoms with van der Waals surface area (Å²) < 4.78 is 10.2. The lowest BCUT2D eigenvalue weighted by molar-refractivity contribution is -0.140. The Bertz CT molecular complexity index is 945. The SMILES string of the molecule is CCOC(=O)NN(C(=O)Cc1cccs1)C1CC(=O)N(c2ccc(OCC)cc2)C1=O. The maximum Gasteiger partial charge on any atom is 0.426 e. The van der Waals surface area contributed by atoms with Gasteiger partial charge in [0, 0.05) is 4.88 Å². The smallest absolute Gasteiger partial charge is 0.426 e. The Morgan fingerprint density at radius 3 is 2.52 bits per heavy atom. The van der Waals surface area contributed by atoms with E-state index in [0.717, 1.165) is 14.8 Å². The standard InChI is InChI=1S/C21H23N3O6S/c1-3-29-15-9-7-14(8-10-15)23-18(25)13-17(20(23)27)24(22-21(28)30-4-2)19(26)12-16-6-5-11-31-16/h5-11,17H,3-4,12-13H2,1-2H3,(H,22,28). The third-order valence-corrected chi connectivity index (χ3v) is 5.38. The highest BCUT2D eigenvalue weighted by atomic mass is 32.1. The molecule has 1 aromatic carbocycles. The van der Waals surface area contributed by atoms with Crippen molar-refractivity contribution in [3.63, 3.8) is 0 Å². The monoisotopic (exact) mass is 445 g/mol. The molecule has 2 aromatic rings. The van der Waals surface area contributed by atoms with Crippen LogP contribution in [0.4, 0.5) is 10.5 Å². The van der Waals surface area contributed by atoms with Crippen molar-refractivity contribution in [2.75, 3.05) is 18.1 Å². The topological polar surface area (TPSA) is 105 Å². The van der Waals surface area contributed by atoms with Crippen LogP contribution in [-0.2, 0) is 25.5 Å². The van der Waals surface area contributed by atoms with Gasteiger partial charge in [-0.05, 0) is 49.6 Å². The van der Waals surface area contributed by atoms with E-state index in [1.807, 2.05) is 12.3 Å². The zero-order valence-electron chi connectivity index (χ0n) is 17.2. The molecule has 0 radical (unpaired) electrons. The van der Waals surface area contributed by atoms with Crippen LogP contribution in [0.1, 0.15) is 25.1 Å². The number of nitrogens with zero attached hydrogens (tertiary/aromatic N) is 2. The van der Waals surface area contributed by atoms with Crippen molar-refractivity contribution in [3.05, 3.63) is 46.7 Å². The maximum atomic E-state index is 13.1. The molecule has 0 spiro atoms. The second-order valence-corrected chi connectivity index (χ2v) is 7.60. The summed E-state index contributed by atoms with van der Waals surface area (Å²) in [5.41, 5.74) is 2.69. The quantitative estimate of drug-likeness (QED) is 0.519. The van der Waals surface area contributed by atoms with Gasteiger partial charge in [-0.3, -0.25) is 14.4 Å². The van der Waals surface area contributed by atoms with Crippen molar-refractivity contribution in [2.24, 2.45) is 0 Å². The molecule has 9 nitrogen and oxygen atoms in total. The van der Waals surface area contributed by atoms with Crippen molar-refractivity contribution in [1.29, 1.82) is 0 Å². The molecule has 1 aliphatic heterocycles. The summed E-state index contributed by atoms with van der Waals surface area (Å²) in [5.74, 6) is -0.988. The molecule has 0 aliphatic carbocycles. The van der Waals surface area contributed by atoms with Gasteiger partial charge in [-0.15, -0.1) is 11.3 Å². The Kier molecular flexibility index (Phi) is 7.24. The highest BCUT2D eigenvalue weighted by Crippen LogP contribution is 2.27. The molecule has 0 bridgehead atoms. The van der Waals surface area contributed by atoms with Gasteiger partial charge in [-0.2, -0.15) is 0 Å². The molecule has 1 aliphatic rings. The molecule has 1 atom stereocenters. The minimum Gasteiger partial charge on any atom is -0.494 e. The predicted molar refractivity (Wildman–Crippen MR) is 114 cm³/mol. The Morgan fingerprint density at radius 2 is 1.90 bits per heavy atom. The van der Waals surface area contributed by atoms with Crippen molar-refractivity contribution in [1.82, 2.24) is 10.4 Å². The van der Waals surface area contributed by atoms with Crippen LogP contribution < -0.4 is 15.1 Å². The Morgan fingerprint density at radius 1 is 1.16 bits per heavy atom. The van der Waals surface area contributed by atoms with E-state index in [2.05, 4.69) is 5.43 Å². The fourth-order valence-electron chi connectivity index (χ4n) is 3.17. The zero-order valence-corrected chi connectivity index (χ0v) is 18.0. The molecule has 0 saturated carbocycles. The first-order valence-electron chi connectivity index (χ1n) is 9.82. The number of imide groups is 1. The lowest BCUT2D eigenvalue weighted by Crippen LogP contribution is -2.55. The van der Waals surface area contributed by atoms with Crippen LogP contribution in [0.2, 0.25) is 0 Å². The van der Waals surface area contributed by atoms with E-state index >= 15 is 0 Å². The third kappa shape index (κ3) is 5.21. The number of nitrogens with one attached hydrogen (secondary N) is 1. The van der Waals surface area contributed by atoms with Gasteiger partial charge in [0.05, 0.1) is 31.7 Å². The maximum absolute atomic E-state index is 13.1.